The molecule has 0 heterocycles. The number of aromatic hydroxyl groups is 1. The molecule has 0 saturated carbocycles. The summed E-state index contributed by atoms with van der Waals surface area (Å²) in [7, 11) is -3.28. The standard InChI is InChI=1S/C16H15NO4S/c1-22(20,21)14-7-3-12(4-8-14)16(19)9-5-11-2-6-13(18)10-15(11)17/h2-10,18H,17H2,1H3. The maximum Gasteiger partial charge on any atom is 0.185 e. The van der Waals surface area contributed by atoms with Crippen LogP contribution in [0.3, 0.4) is 0 Å². The summed E-state index contributed by atoms with van der Waals surface area (Å²) < 4.78 is 22.7. The highest BCUT2D eigenvalue weighted by atomic mass is 32.2. The average Bonchev–Trinajstić information content (AvgIpc) is 2.45. The fourth-order valence-electron chi connectivity index (χ4n) is 1.84. The summed E-state index contributed by atoms with van der Waals surface area (Å²) in [4.78, 5) is 12.2. The summed E-state index contributed by atoms with van der Waals surface area (Å²) in [5.74, 6) is -0.218. The predicted molar refractivity (Wildman–Crippen MR) is 85.4 cm³/mol. The van der Waals surface area contributed by atoms with Gasteiger partial charge in [-0.1, -0.05) is 0 Å². The molecule has 0 amide bonds. The average molecular weight is 317 g/mol. The molecule has 0 atom stereocenters. The molecule has 0 unspecified atom stereocenters. The van der Waals surface area contributed by atoms with E-state index in [2.05, 4.69) is 0 Å². The van der Waals surface area contributed by atoms with Crippen LogP contribution >= 0.6 is 0 Å². The van der Waals surface area contributed by atoms with Crippen LogP contribution in [0.5, 0.6) is 5.75 Å². The maximum absolute atomic E-state index is 12.0. The number of phenols is 1. The van der Waals surface area contributed by atoms with Crippen LogP contribution in [0.2, 0.25) is 0 Å². The number of carbonyl (C=O) groups excluding carboxylic acids is 1. The molecule has 0 aliphatic rings. The van der Waals surface area contributed by atoms with Gasteiger partial charge in [-0.25, -0.2) is 8.42 Å². The molecular weight excluding hydrogens is 302 g/mol. The van der Waals surface area contributed by atoms with Crippen molar-refractivity contribution in [2.75, 3.05) is 12.0 Å². The molecule has 2 rings (SSSR count). The number of allylic oxidation sites excluding steroid dienone is 1. The minimum atomic E-state index is -3.28. The van der Waals surface area contributed by atoms with Crippen molar-refractivity contribution in [3.8, 4) is 5.75 Å². The van der Waals surface area contributed by atoms with Crippen molar-refractivity contribution in [1.29, 1.82) is 0 Å². The third-order valence-electron chi connectivity index (χ3n) is 3.05. The molecule has 0 bridgehead atoms. The zero-order chi connectivity index (χ0) is 16.3. The van der Waals surface area contributed by atoms with Crippen LogP contribution < -0.4 is 5.73 Å². The SMILES string of the molecule is CS(=O)(=O)c1ccc(C(=O)C=Cc2ccc(O)cc2N)cc1. The van der Waals surface area contributed by atoms with Gasteiger partial charge in [0.15, 0.2) is 15.6 Å². The molecule has 6 heteroatoms. The van der Waals surface area contributed by atoms with Crippen LogP contribution in [0, 0.1) is 0 Å². The largest absolute Gasteiger partial charge is 0.508 e. The van der Waals surface area contributed by atoms with E-state index in [9.17, 15) is 18.3 Å². The third-order valence-corrected chi connectivity index (χ3v) is 4.18. The fourth-order valence-corrected chi connectivity index (χ4v) is 2.47. The second-order valence-electron chi connectivity index (χ2n) is 4.81. The van der Waals surface area contributed by atoms with Crippen molar-refractivity contribution < 1.29 is 18.3 Å². The minimum absolute atomic E-state index is 0.0531. The van der Waals surface area contributed by atoms with Crippen molar-refractivity contribution in [2.24, 2.45) is 0 Å². The zero-order valence-electron chi connectivity index (χ0n) is 11.9. The molecule has 0 aromatic heterocycles. The quantitative estimate of drug-likeness (QED) is 0.512. The van der Waals surface area contributed by atoms with E-state index in [0.29, 0.717) is 16.8 Å². The van der Waals surface area contributed by atoms with E-state index in [1.165, 1.54) is 42.5 Å². The summed E-state index contributed by atoms with van der Waals surface area (Å²) >= 11 is 0. The first-order valence-electron chi connectivity index (χ1n) is 6.38. The topological polar surface area (TPSA) is 97.5 Å². The number of benzene rings is 2. The van der Waals surface area contributed by atoms with Crippen molar-refractivity contribution in [3.05, 3.63) is 59.7 Å². The van der Waals surface area contributed by atoms with Gasteiger partial charge in [-0.05, 0) is 54.1 Å². The van der Waals surface area contributed by atoms with Gasteiger partial charge in [0.25, 0.3) is 0 Å². The molecule has 0 fully saturated rings. The molecule has 3 N–H and O–H groups in total. The Kier molecular flexibility index (Phi) is 4.32. The monoisotopic (exact) mass is 317 g/mol. The number of hydrogen-bond donors (Lipinski definition) is 2. The lowest BCUT2D eigenvalue weighted by atomic mass is 10.1. The Labute approximate surface area is 128 Å². The lowest BCUT2D eigenvalue weighted by Gasteiger charge is -2.01. The lowest BCUT2D eigenvalue weighted by Crippen LogP contribution is -1.99. The summed E-state index contributed by atoms with van der Waals surface area (Å²) in [5.41, 5.74) is 7.07. The van der Waals surface area contributed by atoms with Gasteiger partial charge in [0, 0.05) is 23.6 Å². The van der Waals surface area contributed by atoms with Gasteiger partial charge >= 0.3 is 0 Å². The smallest absolute Gasteiger partial charge is 0.185 e. The van der Waals surface area contributed by atoms with E-state index in [0.717, 1.165) is 6.26 Å². The maximum atomic E-state index is 12.0. The first-order chi connectivity index (χ1) is 10.3. The summed E-state index contributed by atoms with van der Waals surface area (Å²) in [6, 6.07) is 10.2. The molecule has 0 aliphatic carbocycles. The molecular formula is C16H15NO4S. The highest BCUT2D eigenvalue weighted by molar-refractivity contribution is 7.90. The number of sulfone groups is 1. The van der Waals surface area contributed by atoms with Gasteiger partial charge < -0.3 is 10.8 Å². The molecule has 114 valence electrons. The Morgan fingerprint density at radius 3 is 2.32 bits per heavy atom. The summed E-state index contributed by atoms with van der Waals surface area (Å²) in [6.45, 7) is 0. The van der Waals surface area contributed by atoms with Crippen LogP contribution in [0.25, 0.3) is 6.08 Å². The van der Waals surface area contributed by atoms with E-state index >= 15 is 0 Å². The van der Waals surface area contributed by atoms with Gasteiger partial charge in [-0.2, -0.15) is 0 Å². The van der Waals surface area contributed by atoms with Crippen LogP contribution in [0.15, 0.2) is 53.4 Å². The normalized spacial score (nSPS) is 11.7. The Morgan fingerprint density at radius 1 is 1.14 bits per heavy atom. The zero-order valence-corrected chi connectivity index (χ0v) is 12.7. The van der Waals surface area contributed by atoms with Gasteiger partial charge in [0.05, 0.1) is 4.90 Å². The number of nitrogens with two attached hydrogens (primary N) is 1. The van der Waals surface area contributed by atoms with Gasteiger partial charge in [-0.3, -0.25) is 4.79 Å². The van der Waals surface area contributed by atoms with Crippen molar-refractivity contribution in [2.45, 2.75) is 4.90 Å². The van der Waals surface area contributed by atoms with Crippen LogP contribution in [0.4, 0.5) is 5.69 Å². The van der Waals surface area contributed by atoms with Crippen molar-refractivity contribution >= 4 is 27.4 Å². The minimum Gasteiger partial charge on any atom is -0.508 e. The highest BCUT2D eigenvalue weighted by Gasteiger charge is 2.08. The predicted octanol–water partition coefficient (Wildman–Crippen LogP) is 2.27. The molecule has 2 aromatic rings. The Morgan fingerprint density at radius 2 is 1.77 bits per heavy atom. The number of hydrogen-bond acceptors (Lipinski definition) is 5. The van der Waals surface area contributed by atoms with E-state index in [1.807, 2.05) is 0 Å². The first kappa shape index (κ1) is 15.8. The first-order valence-corrected chi connectivity index (χ1v) is 8.27. The highest BCUT2D eigenvalue weighted by Crippen LogP contribution is 2.20. The molecule has 0 spiro atoms. The van der Waals surface area contributed by atoms with E-state index in [1.54, 1.807) is 12.1 Å². The summed E-state index contributed by atoms with van der Waals surface area (Å²) in [6.07, 6.45) is 4.00. The molecule has 0 saturated heterocycles. The Hall–Kier alpha value is -2.60. The van der Waals surface area contributed by atoms with Crippen molar-refractivity contribution in [3.63, 3.8) is 0 Å². The number of nitrogen functional groups attached to an aromatic ring is 1. The second kappa shape index (κ2) is 6.03. The number of ketones is 1. The number of carbonyl (C=O) groups is 1. The second-order valence-corrected chi connectivity index (χ2v) is 6.82. The third kappa shape index (κ3) is 3.73. The number of phenolic OH excluding ortho intramolecular Hbond substituents is 1. The number of rotatable bonds is 4. The Bertz CT molecular complexity index is 837. The van der Waals surface area contributed by atoms with Gasteiger partial charge in [-0.15, -0.1) is 0 Å². The fraction of sp³-hybridized carbons (Fsp3) is 0.0625. The lowest BCUT2D eigenvalue weighted by molar-refractivity contribution is 0.104. The van der Waals surface area contributed by atoms with E-state index < -0.39 is 9.84 Å². The van der Waals surface area contributed by atoms with Crippen molar-refractivity contribution in [1.82, 2.24) is 0 Å². The number of anilines is 1. The van der Waals surface area contributed by atoms with Gasteiger partial charge in [0.2, 0.25) is 0 Å². The van der Waals surface area contributed by atoms with Crippen LogP contribution in [0.1, 0.15) is 15.9 Å². The van der Waals surface area contributed by atoms with E-state index in [4.69, 9.17) is 5.73 Å². The Balaban J connectivity index is 2.20. The summed E-state index contributed by atoms with van der Waals surface area (Å²) in [5, 5.41) is 9.26. The molecule has 0 aliphatic heterocycles. The molecule has 5 nitrogen and oxygen atoms in total. The van der Waals surface area contributed by atoms with E-state index in [-0.39, 0.29) is 16.4 Å². The molecule has 0 radical (unpaired) electrons. The molecule has 2 aromatic carbocycles. The van der Waals surface area contributed by atoms with Crippen LogP contribution in [-0.2, 0) is 9.84 Å². The van der Waals surface area contributed by atoms with Gasteiger partial charge in [0.1, 0.15) is 5.75 Å². The molecule has 22 heavy (non-hydrogen) atoms. The van der Waals surface area contributed by atoms with Crippen LogP contribution in [-0.4, -0.2) is 25.6 Å².